The van der Waals surface area contributed by atoms with Crippen molar-refractivity contribution in [2.24, 2.45) is 0 Å². The lowest BCUT2D eigenvalue weighted by Crippen LogP contribution is -2.02. The minimum absolute atomic E-state index is 0.483. The minimum Gasteiger partial charge on any atom is -0.340 e. The maximum absolute atomic E-state index is 4.84. The van der Waals surface area contributed by atoms with Crippen LogP contribution >= 0.6 is 15.9 Å². The Bertz CT molecular complexity index is 423. The van der Waals surface area contributed by atoms with Gasteiger partial charge in [-0.25, -0.2) is 4.68 Å². The molecule has 7 heteroatoms. The molecule has 0 N–H and O–H groups in total. The fourth-order valence-corrected chi connectivity index (χ4v) is 1.28. The van der Waals surface area contributed by atoms with Crippen molar-refractivity contribution < 1.29 is 4.52 Å². The van der Waals surface area contributed by atoms with Crippen LogP contribution in [0.25, 0.3) is 0 Å². The van der Waals surface area contributed by atoms with Gasteiger partial charge in [-0.3, -0.25) is 0 Å². The molecule has 0 spiro atoms. The summed E-state index contributed by atoms with van der Waals surface area (Å²) >= 11 is 3.29. The van der Waals surface area contributed by atoms with Crippen molar-refractivity contribution in [2.45, 2.75) is 18.8 Å². The fraction of sp³-hybridized carbons (Fsp3) is 0.429. The van der Waals surface area contributed by atoms with Crippen molar-refractivity contribution in [3.8, 4) is 0 Å². The molecule has 0 fully saturated rings. The summed E-state index contributed by atoms with van der Waals surface area (Å²) in [6.07, 6.45) is 1.83. The lowest BCUT2D eigenvalue weighted by atomic mass is 10.5. The van der Waals surface area contributed by atoms with Gasteiger partial charge in [0.15, 0.2) is 5.82 Å². The SMILES string of the molecule is Cc1nc(Cn2cc(CBr)nn2)no1. The van der Waals surface area contributed by atoms with Crippen LogP contribution < -0.4 is 0 Å². The van der Waals surface area contributed by atoms with Crippen LogP contribution in [0.2, 0.25) is 0 Å². The molecule has 0 radical (unpaired) electrons. The lowest BCUT2D eigenvalue weighted by Gasteiger charge is -1.91. The Morgan fingerprint density at radius 3 is 3.00 bits per heavy atom. The molecule has 0 aliphatic carbocycles. The number of halogens is 1. The van der Waals surface area contributed by atoms with Crippen molar-refractivity contribution in [3.63, 3.8) is 0 Å². The normalized spacial score (nSPS) is 10.7. The van der Waals surface area contributed by atoms with Crippen LogP contribution in [0.3, 0.4) is 0 Å². The maximum Gasteiger partial charge on any atom is 0.223 e. The highest BCUT2D eigenvalue weighted by atomic mass is 79.9. The number of rotatable bonds is 3. The first-order chi connectivity index (χ1) is 6.78. The smallest absolute Gasteiger partial charge is 0.223 e. The van der Waals surface area contributed by atoms with E-state index in [1.165, 1.54) is 0 Å². The number of alkyl halides is 1. The zero-order valence-electron chi connectivity index (χ0n) is 7.51. The summed E-state index contributed by atoms with van der Waals surface area (Å²) in [5.41, 5.74) is 0.880. The summed E-state index contributed by atoms with van der Waals surface area (Å²) in [5.74, 6) is 1.16. The summed E-state index contributed by atoms with van der Waals surface area (Å²) in [4.78, 5) is 4.06. The Morgan fingerprint density at radius 1 is 1.57 bits per heavy atom. The van der Waals surface area contributed by atoms with E-state index >= 15 is 0 Å². The first-order valence-electron chi connectivity index (χ1n) is 4.02. The molecule has 0 aromatic carbocycles. The third kappa shape index (κ3) is 1.98. The number of hydrogen-bond acceptors (Lipinski definition) is 5. The summed E-state index contributed by atoms with van der Waals surface area (Å²) in [6, 6.07) is 0. The molecule has 2 aromatic rings. The Hall–Kier alpha value is -1.24. The predicted octanol–water partition coefficient (Wildman–Crippen LogP) is 0.913. The quantitative estimate of drug-likeness (QED) is 0.765. The van der Waals surface area contributed by atoms with E-state index in [9.17, 15) is 0 Å². The Labute approximate surface area is 88.4 Å². The van der Waals surface area contributed by atoms with Crippen molar-refractivity contribution in [2.75, 3.05) is 0 Å². The summed E-state index contributed by atoms with van der Waals surface area (Å²) in [6.45, 7) is 2.24. The van der Waals surface area contributed by atoms with Gasteiger partial charge in [-0.1, -0.05) is 26.3 Å². The summed E-state index contributed by atoms with van der Waals surface area (Å²) in [7, 11) is 0. The van der Waals surface area contributed by atoms with E-state index in [-0.39, 0.29) is 0 Å². The molecule has 0 aliphatic heterocycles. The van der Waals surface area contributed by atoms with Gasteiger partial charge in [-0.15, -0.1) is 5.10 Å². The topological polar surface area (TPSA) is 69.6 Å². The van der Waals surface area contributed by atoms with E-state index < -0.39 is 0 Å². The van der Waals surface area contributed by atoms with Gasteiger partial charge < -0.3 is 4.52 Å². The second-order valence-electron chi connectivity index (χ2n) is 2.77. The molecule has 0 amide bonds. The van der Waals surface area contributed by atoms with Gasteiger partial charge >= 0.3 is 0 Å². The van der Waals surface area contributed by atoms with Crippen molar-refractivity contribution in [3.05, 3.63) is 23.6 Å². The molecule has 2 rings (SSSR count). The van der Waals surface area contributed by atoms with Gasteiger partial charge in [-0.05, 0) is 0 Å². The molecule has 2 heterocycles. The van der Waals surface area contributed by atoms with Crippen LogP contribution in [0.5, 0.6) is 0 Å². The molecule has 2 aromatic heterocycles. The van der Waals surface area contributed by atoms with E-state index in [1.54, 1.807) is 11.6 Å². The van der Waals surface area contributed by atoms with Crippen LogP contribution in [-0.2, 0) is 11.9 Å². The molecule has 0 atom stereocenters. The first kappa shape index (κ1) is 9.32. The van der Waals surface area contributed by atoms with Gasteiger partial charge in [0.05, 0.1) is 5.69 Å². The van der Waals surface area contributed by atoms with E-state index in [1.807, 2.05) is 6.20 Å². The van der Waals surface area contributed by atoms with Gasteiger partial charge in [0, 0.05) is 18.5 Å². The standard InChI is InChI=1S/C7H8BrN5O/c1-5-9-7(11-14-5)4-13-3-6(2-8)10-12-13/h3H,2,4H2,1H3. The fourth-order valence-electron chi connectivity index (χ4n) is 1.03. The summed E-state index contributed by atoms with van der Waals surface area (Å²) in [5, 5.41) is 12.3. The molecular formula is C7H8BrN5O. The second kappa shape index (κ2) is 3.87. The Morgan fingerprint density at radius 2 is 2.43 bits per heavy atom. The predicted molar refractivity (Wildman–Crippen MR) is 50.8 cm³/mol. The molecule has 0 bridgehead atoms. The van der Waals surface area contributed by atoms with E-state index in [2.05, 4.69) is 36.4 Å². The van der Waals surface area contributed by atoms with E-state index in [4.69, 9.17) is 4.52 Å². The zero-order chi connectivity index (χ0) is 9.97. The largest absolute Gasteiger partial charge is 0.340 e. The number of aromatic nitrogens is 5. The second-order valence-corrected chi connectivity index (χ2v) is 3.33. The monoisotopic (exact) mass is 257 g/mol. The lowest BCUT2D eigenvalue weighted by molar-refractivity contribution is 0.385. The Balaban J connectivity index is 2.10. The van der Waals surface area contributed by atoms with Gasteiger partial charge in [0.25, 0.3) is 0 Å². The molecule has 0 saturated carbocycles. The molecule has 74 valence electrons. The van der Waals surface area contributed by atoms with Crippen LogP contribution in [0.1, 0.15) is 17.4 Å². The molecule has 0 saturated heterocycles. The third-order valence-corrected chi connectivity index (χ3v) is 2.17. The Kier molecular flexibility index (Phi) is 2.58. The van der Waals surface area contributed by atoms with Crippen LogP contribution in [-0.4, -0.2) is 25.1 Å². The molecule has 14 heavy (non-hydrogen) atoms. The third-order valence-electron chi connectivity index (χ3n) is 1.60. The zero-order valence-corrected chi connectivity index (χ0v) is 9.10. The number of hydrogen-bond donors (Lipinski definition) is 0. The maximum atomic E-state index is 4.84. The average molecular weight is 258 g/mol. The first-order valence-corrected chi connectivity index (χ1v) is 5.14. The molecule has 0 aliphatic rings. The van der Waals surface area contributed by atoms with E-state index in [0.717, 1.165) is 5.69 Å². The van der Waals surface area contributed by atoms with Crippen LogP contribution in [0.15, 0.2) is 10.7 Å². The highest BCUT2D eigenvalue weighted by Gasteiger charge is 2.05. The van der Waals surface area contributed by atoms with Gasteiger partial charge in [0.2, 0.25) is 5.89 Å². The summed E-state index contributed by atoms with van der Waals surface area (Å²) < 4.78 is 6.51. The average Bonchev–Trinajstić information content (AvgIpc) is 2.76. The highest BCUT2D eigenvalue weighted by molar-refractivity contribution is 9.08. The number of nitrogens with zero attached hydrogens (tertiary/aromatic N) is 5. The van der Waals surface area contributed by atoms with Crippen molar-refractivity contribution in [1.29, 1.82) is 0 Å². The van der Waals surface area contributed by atoms with Crippen molar-refractivity contribution in [1.82, 2.24) is 25.1 Å². The van der Waals surface area contributed by atoms with Crippen LogP contribution in [0, 0.1) is 6.92 Å². The molecule has 0 unspecified atom stereocenters. The molecular weight excluding hydrogens is 250 g/mol. The molecule has 6 nitrogen and oxygen atoms in total. The van der Waals surface area contributed by atoms with Gasteiger partial charge in [0.1, 0.15) is 6.54 Å². The van der Waals surface area contributed by atoms with E-state index in [0.29, 0.717) is 23.6 Å². The van der Waals surface area contributed by atoms with Crippen LogP contribution in [0.4, 0.5) is 0 Å². The number of aryl methyl sites for hydroxylation is 1. The highest BCUT2D eigenvalue weighted by Crippen LogP contribution is 2.02. The minimum atomic E-state index is 0.483. The van der Waals surface area contributed by atoms with Crippen molar-refractivity contribution >= 4 is 15.9 Å². The van der Waals surface area contributed by atoms with Gasteiger partial charge in [-0.2, -0.15) is 4.98 Å².